The van der Waals surface area contributed by atoms with Gasteiger partial charge in [-0.1, -0.05) is 42.5 Å². The van der Waals surface area contributed by atoms with Crippen molar-refractivity contribution in [2.45, 2.75) is 31.7 Å². The second kappa shape index (κ2) is 7.08. The highest BCUT2D eigenvalue weighted by Crippen LogP contribution is 2.28. The Balaban J connectivity index is 1.39. The van der Waals surface area contributed by atoms with Crippen LogP contribution in [0.2, 0.25) is 0 Å². The molecule has 2 aromatic carbocycles. The minimum atomic E-state index is 0.564. The van der Waals surface area contributed by atoms with E-state index in [2.05, 4.69) is 47.4 Å². The molecular weight excluding hydrogens is 346 g/mol. The summed E-state index contributed by atoms with van der Waals surface area (Å²) in [4.78, 5) is 14.4. The molecule has 1 aliphatic rings. The number of fused-ring (bicyclic) bond motifs is 1. The van der Waals surface area contributed by atoms with Crippen LogP contribution in [0, 0.1) is 0 Å². The van der Waals surface area contributed by atoms with Crippen LogP contribution in [0.25, 0.3) is 22.2 Å². The van der Waals surface area contributed by atoms with Crippen molar-refractivity contribution in [3.05, 3.63) is 72.4 Å². The highest BCUT2D eigenvalue weighted by Gasteiger charge is 2.22. The van der Waals surface area contributed by atoms with Gasteiger partial charge in [0.25, 0.3) is 0 Å². The van der Waals surface area contributed by atoms with Crippen LogP contribution in [0.1, 0.15) is 24.5 Å². The Hall–Kier alpha value is -3.21. The van der Waals surface area contributed by atoms with Crippen molar-refractivity contribution in [1.82, 2.24) is 19.5 Å². The number of nitrogens with zero attached hydrogens (tertiary/aromatic N) is 4. The van der Waals surface area contributed by atoms with Gasteiger partial charge in [0.2, 0.25) is 0 Å². The van der Waals surface area contributed by atoms with Gasteiger partial charge in [0.15, 0.2) is 0 Å². The molecule has 0 saturated heterocycles. The number of rotatable bonds is 6. The zero-order valence-electron chi connectivity index (χ0n) is 16.0. The molecule has 140 valence electrons. The van der Waals surface area contributed by atoms with Crippen LogP contribution < -0.4 is 5.32 Å². The Morgan fingerprint density at radius 3 is 2.54 bits per heavy atom. The number of anilines is 1. The highest BCUT2D eigenvalue weighted by atomic mass is 15.1. The standard InChI is InChI=1S/C23H23N5/c1-28-15-20(16-7-3-2-4-8-16)26-22(28)14-13-21-25-19-10-6-5-9-18(19)23(27-21)24-17-11-12-17/h2-10,15,17H,11-14H2,1H3,(H,24,25,27). The molecule has 2 heterocycles. The van der Waals surface area contributed by atoms with Gasteiger partial charge in [0, 0.05) is 43.1 Å². The van der Waals surface area contributed by atoms with Crippen LogP contribution in [0.5, 0.6) is 0 Å². The number of para-hydroxylation sites is 1. The zero-order valence-corrected chi connectivity index (χ0v) is 16.0. The minimum absolute atomic E-state index is 0.564. The first-order valence-electron chi connectivity index (χ1n) is 9.86. The van der Waals surface area contributed by atoms with Crippen molar-refractivity contribution in [3.8, 4) is 11.3 Å². The third-order valence-electron chi connectivity index (χ3n) is 5.18. The van der Waals surface area contributed by atoms with Crippen LogP contribution in [0.3, 0.4) is 0 Å². The number of hydrogen-bond donors (Lipinski definition) is 1. The average molecular weight is 369 g/mol. The lowest BCUT2D eigenvalue weighted by Gasteiger charge is -2.10. The Bertz CT molecular complexity index is 1110. The molecule has 1 N–H and O–H groups in total. The van der Waals surface area contributed by atoms with E-state index in [1.165, 1.54) is 12.8 Å². The molecular formula is C23H23N5. The Kier molecular flexibility index (Phi) is 4.28. The Labute approximate surface area is 164 Å². The number of benzene rings is 2. The van der Waals surface area contributed by atoms with Crippen molar-refractivity contribution in [1.29, 1.82) is 0 Å². The topological polar surface area (TPSA) is 55.6 Å². The Morgan fingerprint density at radius 1 is 0.929 bits per heavy atom. The van der Waals surface area contributed by atoms with E-state index in [0.717, 1.165) is 52.5 Å². The maximum Gasteiger partial charge on any atom is 0.137 e. The summed E-state index contributed by atoms with van der Waals surface area (Å²) in [5.41, 5.74) is 3.15. The molecule has 5 nitrogen and oxygen atoms in total. The van der Waals surface area contributed by atoms with E-state index in [1.807, 2.05) is 30.3 Å². The summed E-state index contributed by atoms with van der Waals surface area (Å²) >= 11 is 0. The van der Waals surface area contributed by atoms with Crippen LogP contribution in [-0.4, -0.2) is 25.6 Å². The van der Waals surface area contributed by atoms with Gasteiger partial charge in [0.05, 0.1) is 11.2 Å². The van der Waals surface area contributed by atoms with Crippen molar-refractivity contribution in [2.75, 3.05) is 5.32 Å². The van der Waals surface area contributed by atoms with E-state index in [-0.39, 0.29) is 0 Å². The lowest BCUT2D eigenvalue weighted by molar-refractivity contribution is 0.750. The molecule has 0 atom stereocenters. The van der Waals surface area contributed by atoms with Gasteiger partial charge in [-0.15, -0.1) is 0 Å². The first-order chi connectivity index (χ1) is 13.8. The highest BCUT2D eigenvalue weighted by molar-refractivity contribution is 5.89. The van der Waals surface area contributed by atoms with Gasteiger partial charge in [-0.05, 0) is 25.0 Å². The SMILES string of the molecule is Cn1cc(-c2ccccc2)nc1CCc1nc(NC2CC2)c2ccccc2n1. The van der Waals surface area contributed by atoms with Crippen LogP contribution in [0.4, 0.5) is 5.82 Å². The molecule has 0 unspecified atom stereocenters. The summed E-state index contributed by atoms with van der Waals surface area (Å²) in [6.45, 7) is 0. The van der Waals surface area contributed by atoms with Gasteiger partial charge in [0.1, 0.15) is 17.5 Å². The second-order valence-corrected chi connectivity index (χ2v) is 7.44. The first-order valence-corrected chi connectivity index (χ1v) is 9.86. The van der Waals surface area contributed by atoms with Gasteiger partial charge >= 0.3 is 0 Å². The molecule has 1 saturated carbocycles. The molecule has 0 aliphatic heterocycles. The fraction of sp³-hybridized carbons (Fsp3) is 0.261. The van der Waals surface area contributed by atoms with E-state index < -0.39 is 0 Å². The summed E-state index contributed by atoms with van der Waals surface area (Å²) in [6, 6.07) is 19.1. The fourth-order valence-electron chi connectivity index (χ4n) is 3.48. The van der Waals surface area contributed by atoms with Crippen molar-refractivity contribution < 1.29 is 0 Å². The molecule has 0 spiro atoms. The summed E-state index contributed by atoms with van der Waals surface area (Å²) in [5.74, 6) is 2.88. The van der Waals surface area contributed by atoms with E-state index >= 15 is 0 Å². The summed E-state index contributed by atoms with van der Waals surface area (Å²) < 4.78 is 2.10. The maximum absolute atomic E-state index is 4.83. The number of imidazole rings is 1. The molecule has 4 aromatic rings. The van der Waals surface area contributed by atoms with Crippen LogP contribution >= 0.6 is 0 Å². The largest absolute Gasteiger partial charge is 0.367 e. The van der Waals surface area contributed by atoms with Gasteiger partial charge in [-0.25, -0.2) is 15.0 Å². The monoisotopic (exact) mass is 369 g/mol. The fourth-order valence-corrected chi connectivity index (χ4v) is 3.48. The van der Waals surface area contributed by atoms with Gasteiger partial charge in [-0.3, -0.25) is 0 Å². The minimum Gasteiger partial charge on any atom is -0.367 e. The summed E-state index contributed by atoms with van der Waals surface area (Å²) in [5, 5.41) is 4.66. The lowest BCUT2D eigenvalue weighted by atomic mass is 10.2. The van der Waals surface area contributed by atoms with Gasteiger partial charge < -0.3 is 9.88 Å². The molecule has 28 heavy (non-hydrogen) atoms. The lowest BCUT2D eigenvalue weighted by Crippen LogP contribution is -2.08. The third kappa shape index (κ3) is 3.48. The molecule has 0 radical (unpaired) electrons. The summed E-state index contributed by atoms with van der Waals surface area (Å²) in [6.07, 6.45) is 6.12. The number of nitrogens with one attached hydrogen (secondary N) is 1. The third-order valence-corrected chi connectivity index (χ3v) is 5.18. The van der Waals surface area contributed by atoms with Crippen LogP contribution in [0.15, 0.2) is 60.8 Å². The van der Waals surface area contributed by atoms with E-state index in [9.17, 15) is 0 Å². The summed E-state index contributed by atoms with van der Waals surface area (Å²) in [7, 11) is 2.05. The average Bonchev–Trinajstić information content (AvgIpc) is 3.47. The molecule has 1 aliphatic carbocycles. The Morgan fingerprint density at radius 2 is 1.71 bits per heavy atom. The normalized spacial score (nSPS) is 13.8. The molecule has 2 aromatic heterocycles. The maximum atomic E-state index is 4.83. The van der Waals surface area contributed by atoms with E-state index in [1.54, 1.807) is 0 Å². The smallest absolute Gasteiger partial charge is 0.137 e. The van der Waals surface area contributed by atoms with Crippen molar-refractivity contribution >= 4 is 16.7 Å². The first kappa shape index (κ1) is 16.9. The van der Waals surface area contributed by atoms with Crippen molar-refractivity contribution in [3.63, 3.8) is 0 Å². The van der Waals surface area contributed by atoms with Crippen molar-refractivity contribution in [2.24, 2.45) is 7.05 Å². The molecule has 1 fully saturated rings. The van der Waals surface area contributed by atoms with E-state index in [0.29, 0.717) is 6.04 Å². The molecule has 5 rings (SSSR count). The van der Waals surface area contributed by atoms with Gasteiger partial charge in [-0.2, -0.15) is 0 Å². The second-order valence-electron chi connectivity index (χ2n) is 7.44. The van der Waals surface area contributed by atoms with Crippen LogP contribution in [-0.2, 0) is 19.9 Å². The quantitative estimate of drug-likeness (QED) is 0.548. The zero-order chi connectivity index (χ0) is 18.9. The number of aryl methyl sites for hydroxylation is 3. The molecule has 0 amide bonds. The van der Waals surface area contributed by atoms with E-state index in [4.69, 9.17) is 15.0 Å². The number of hydrogen-bond acceptors (Lipinski definition) is 4. The predicted molar refractivity (Wildman–Crippen MR) is 112 cm³/mol. The number of aromatic nitrogens is 4. The molecule has 5 heteroatoms. The molecule has 0 bridgehead atoms. The predicted octanol–water partition coefficient (Wildman–Crippen LogP) is 4.39.